The third-order valence-electron chi connectivity index (χ3n) is 10.6. The number of carbonyl (C=O) groups excluding carboxylic acids is 4. The summed E-state index contributed by atoms with van der Waals surface area (Å²) in [4.78, 5) is 54.0. The number of allylic oxidation sites excluding steroid dienone is 2. The number of methoxy groups -OCH3 is 3. The fourth-order valence-corrected chi connectivity index (χ4v) is 9.18. The van der Waals surface area contributed by atoms with Crippen molar-refractivity contribution < 1.29 is 38.5 Å². The Balaban J connectivity index is 1.24. The van der Waals surface area contributed by atoms with E-state index in [4.69, 9.17) is 37.4 Å². The largest absolute Gasteiger partial charge is 0.504 e. The highest BCUT2D eigenvalue weighted by atomic mass is 35.5. The van der Waals surface area contributed by atoms with Gasteiger partial charge in [-0.05, 0) is 60.7 Å². The number of fused-ring (bicyclic) bond motifs is 4. The minimum absolute atomic E-state index is 0.142. The van der Waals surface area contributed by atoms with E-state index >= 15 is 0 Å². The van der Waals surface area contributed by atoms with Crippen LogP contribution in [0.1, 0.15) is 35.4 Å². The van der Waals surface area contributed by atoms with Gasteiger partial charge in [0.05, 0.1) is 38.9 Å². The quantitative estimate of drug-likeness (QED) is 0.141. The molecule has 2 aliphatic carbocycles. The first-order valence-corrected chi connectivity index (χ1v) is 16.8. The van der Waals surface area contributed by atoms with Gasteiger partial charge in [0.15, 0.2) is 21.2 Å². The topological polar surface area (TPSA) is 123 Å². The van der Waals surface area contributed by atoms with Gasteiger partial charge in [-0.3, -0.25) is 29.0 Å². The van der Waals surface area contributed by atoms with E-state index in [0.717, 1.165) is 16.0 Å². The molecule has 6 unspecified atom stereocenters. The van der Waals surface area contributed by atoms with Gasteiger partial charge >= 0.3 is 0 Å². The van der Waals surface area contributed by atoms with Gasteiger partial charge in [0.2, 0.25) is 11.8 Å². The lowest BCUT2D eigenvalue weighted by atomic mass is 9.56. The Hall–Kier alpha value is -4.80. The number of nitrogens with zero attached hydrogens (tertiary/aromatic N) is 2. The standard InChI is InChI=1S/C38H34Cl2N2O8/c1-41-35(46)37(39)19-27-24(31(38(37,40)36(41)47)26-6-5-7-29(50-4)32(26)43)15-16-25-30(27)34(45)42(33(25)44)22-12-9-20(10-13-22)8-11-21-18-23(48-2)14-17-28(21)49-3/h5-15,17-18,25,27,30-31,43H,16,19H2,1-4H3. The average Bonchev–Trinajstić information content (AvgIpc) is 3.45. The lowest BCUT2D eigenvalue weighted by Gasteiger charge is -2.50. The highest BCUT2D eigenvalue weighted by Gasteiger charge is 2.76. The molecule has 4 aliphatic rings. The van der Waals surface area contributed by atoms with Crippen molar-refractivity contribution >= 4 is 64.7 Å². The van der Waals surface area contributed by atoms with Crippen LogP contribution in [0.15, 0.2) is 72.3 Å². The summed E-state index contributed by atoms with van der Waals surface area (Å²) in [6.45, 7) is 0. The van der Waals surface area contributed by atoms with Crippen LogP contribution in [0.2, 0.25) is 0 Å². The molecule has 50 heavy (non-hydrogen) atoms. The van der Waals surface area contributed by atoms with E-state index in [9.17, 15) is 24.3 Å². The predicted octanol–water partition coefficient (Wildman–Crippen LogP) is 5.78. The summed E-state index contributed by atoms with van der Waals surface area (Å²) < 4.78 is 16.1. The Morgan fingerprint density at radius 2 is 1.56 bits per heavy atom. The lowest BCUT2D eigenvalue weighted by Crippen LogP contribution is -2.60. The minimum Gasteiger partial charge on any atom is -0.504 e. The number of ether oxygens (including phenoxy) is 3. The van der Waals surface area contributed by atoms with Crippen molar-refractivity contribution in [1.29, 1.82) is 0 Å². The van der Waals surface area contributed by atoms with Crippen LogP contribution in [0.25, 0.3) is 12.2 Å². The summed E-state index contributed by atoms with van der Waals surface area (Å²) in [6.07, 6.45) is 5.64. The number of halogens is 2. The number of aromatic hydroxyl groups is 1. The third kappa shape index (κ3) is 4.68. The third-order valence-corrected chi connectivity index (χ3v) is 12.0. The number of imide groups is 2. The normalized spacial score (nSPS) is 28.8. The van der Waals surface area contributed by atoms with E-state index in [0.29, 0.717) is 22.8 Å². The lowest BCUT2D eigenvalue weighted by molar-refractivity contribution is -0.138. The van der Waals surface area contributed by atoms with Crippen LogP contribution < -0.4 is 19.1 Å². The van der Waals surface area contributed by atoms with Gasteiger partial charge in [0, 0.05) is 24.1 Å². The number of phenolic OH excluding ortho intramolecular Hbond substituents is 1. The minimum atomic E-state index is -2.01. The molecule has 0 aromatic heterocycles. The second-order valence-electron chi connectivity index (χ2n) is 12.9. The van der Waals surface area contributed by atoms with Crippen LogP contribution >= 0.6 is 23.2 Å². The van der Waals surface area contributed by atoms with E-state index in [1.807, 2.05) is 36.4 Å². The van der Waals surface area contributed by atoms with E-state index in [1.165, 1.54) is 19.1 Å². The highest BCUT2D eigenvalue weighted by molar-refractivity contribution is 6.53. The fraction of sp³-hybridized carbons (Fsp3) is 0.316. The monoisotopic (exact) mass is 716 g/mol. The van der Waals surface area contributed by atoms with E-state index in [-0.39, 0.29) is 35.8 Å². The van der Waals surface area contributed by atoms with Crippen LogP contribution in [0.4, 0.5) is 5.69 Å². The SMILES string of the molecule is COc1ccc(OC)c(C=Cc2ccc(N3C(=O)C4CC=C5C(CC6(Cl)C(=O)N(C)C(=O)C6(Cl)C5c5cccc(OC)c5O)C4C3=O)cc2)c1. The summed E-state index contributed by atoms with van der Waals surface area (Å²) in [5.41, 5.74) is 2.85. The number of anilines is 1. The Morgan fingerprint density at radius 3 is 2.24 bits per heavy atom. The Bertz CT molecular complexity index is 2010. The van der Waals surface area contributed by atoms with Crippen molar-refractivity contribution in [1.82, 2.24) is 4.90 Å². The van der Waals surface area contributed by atoms with E-state index in [1.54, 1.807) is 56.7 Å². The van der Waals surface area contributed by atoms with Crippen LogP contribution in [-0.4, -0.2) is 71.8 Å². The van der Waals surface area contributed by atoms with E-state index < -0.39 is 51.1 Å². The molecule has 10 nitrogen and oxygen atoms in total. The summed E-state index contributed by atoms with van der Waals surface area (Å²) >= 11 is 14.5. The second kappa shape index (κ2) is 12.2. The van der Waals surface area contributed by atoms with Crippen molar-refractivity contribution in [2.75, 3.05) is 33.3 Å². The molecule has 0 radical (unpaired) electrons. The second-order valence-corrected chi connectivity index (χ2v) is 14.2. The summed E-state index contributed by atoms with van der Waals surface area (Å²) in [6, 6.07) is 17.3. The predicted molar refractivity (Wildman–Crippen MR) is 188 cm³/mol. The molecular weight excluding hydrogens is 683 g/mol. The van der Waals surface area contributed by atoms with Gasteiger partial charge in [-0.2, -0.15) is 0 Å². The van der Waals surface area contributed by atoms with Crippen molar-refractivity contribution in [2.45, 2.75) is 28.5 Å². The molecular formula is C38H34Cl2N2O8. The molecule has 258 valence electrons. The number of para-hydroxylation sites is 1. The maximum absolute atomic E-state index is 14.4. The molecule has 1 saturated carbocycles. The summed E-state index contributed by atoms with van der Waals surface area (Å²) in [5.74, 6) is -4.36. The van der Waals surface area contributed by atoms with Crippen molar-refractivity contribution in [3.05, 3.63) is 89.0 Å². The zero-order chi connectivity index (χ0) is 35.7. The summed E-state index contributed by atoms with van der Waals surface area (Å²) in [7, 11) is 5.89. The van der Waals surface area contributed by atoms with Gasteiger partial charge in [-0.1, -0.05) is 48.1 Å². The van der Waals surface area contributed by atoms with Gasteiger partial charge in [-0.25, -0.2) is 0 Å². The van der Waals surface area contributed by atoms with Crippen LogP contribution in [0.3, 0.4) is 0 Å². The van der Waals surface area contributed by atoms with Crippen molar-refractivity contribution in [3.63, 3.8) is 0 Å². The van der Waals surface area contributed by atoms with Gasteiger partial charge in [0.25, 0.3) is 11.8 Å². The number of rotatable bonds is 7. The number of hydrogen-bond acceptors (Lipinski definition) is 8. The molecule has 0 spiro atoms. The maximum Gasteiger partial charge on any atom is 0.253 e. The molecule has 7 rings (SSSR count). The number of likely N-dealkylation sites (tertiary alicyclic amines) is 1. The number of alkyl halides is 2. The molecule has 0 bridgehead atoms. The number of phenols is 1. The molecule has 3 aromatic carbocycles. The first kappa shape index (κ1) is 33.7. The number of amides is 4. The van der Waals surface area contributed by atoms with Crippen molar-refractivity contribution in [2.24, 2.45) is 17.8 Å². The molecule has 2 heterocycles. The van der Waals surface area contributed by atoms with Gasteiger partial charge in [0.1, 0.15) is 11.5 Å². The molecule has 3 fully saturated rings. The maximum atomic E-state index is 14.4. The summed E-state index contributed by atoms with van der Waals surface area (Å²) in [5, 5.41) is 11.3. The first-order valence-electron chi connectivity index (χ1n) is 16.1. The molecule has 12 heteroatoms. The average molecular weight is 718 g/mol. The first-order chi connectivity index (χ1) is 23.9. The number of hydrogen-bond donors (Lipinski definition) is 1. The van der Waals surface area contributed by atoms with Gasteiger partial charge < -0.3 is 19.3 Å². The Morgan fingerprint density at radius 1 is 0.840 bits per heavy atom. The molecule has 3 aromatic rings. The molecule has 6 atom stereocenters. The smallest absolute Gasteiger partial charge is 0.253 e. The van der Waals surface area contributed by atoms with Gasteiger partial charge in [-0.15, -0.1) is 23.2 Å². The number of benzene rings is 3. The van der Waals surface area contributed by atoms with Crippen LogP contribution in [-0.2, 0) is 19.2 Å². The zero-order valence-corrected chi connectivity index (χ0v) is 29.2. The molecule has 2 saturated heterocycles. The Kier molecular flexibility index (Phi) is 8.22. The Labute approximate surface area is 298 Å². The molecule has 4 amide bonds. The van der Waals surface area contributed by atoms with Crippen LogP contribution in [0, 0.1) is 17.8 Å². The highest BCUT2D eigenvalue weighted by Crippen LogP contribution is 2.66. The molecule has 1 N–H and O–H groups in total. The van der Waals surface area contributed by atoms with E-state index in [2.05, 4.69) is 0 Å². The fourth-order valence-electron chi connectivity index (χ4n) is 8.17. The number of carbonyl (C=O) groups is 4. The zero-order valence-electron chi connectivity index (χ0n) is 27.7. The van der Waals surface area contributed by atoms with Crippen LogP contribution in [0.5, 0.6) is 23.0 Å². The van der Waals surface area contributed by atoms with Crippen molar-refractivity contribution in [3.8, 4) is 23.0 Å². The molecule has 2 aliphatic heterocycles.